The van der Waals surface area contributed by atoms with E-state index < -0.39 is 0 Å². The van der Waals surface area contributed by atoms with Gasteiger partial charge in [-0.25, -0.2) is 4.98 Å². The van der Waals surface area contributed by atoms with Crippen molar-refractivity contribution in [2.45, 2.75) is 52.0 Å². The molecule has 3 N–H and O–H groups in total. The molecule has 5 nitrogen and oxygen atoms in total. The molecule has 0 aliphatic heterocycles. The van der Waals surface area contributed by atoms with Crippen LogP contribution in [-0.2, 0) is 12.8 Å². The number of hydrogen-bond acceptors (Lipinski definition) is 4. The lowest BCUT2D eigenvalue weighted by molar-refractivity contribution is 0.318. The lowest BCUT2D eigenvalue weighted by Gasteiger charge is -2.28. The van der Waals surface area contributed by atoms with Gasteiger partial charge in [-0.1, -0.05) is 18.5 Å². The quantitative estimate of drug-likeness (QED) is 0.374. The summed E-state index contributed by atoms with van der Waals surface area (Å²) in [5.74, 6) is 0.958. The van der Waals surface area contributed by atoms with E-state index in [-0.39, 0.29) is 5.84 Å². The molecule has 0 fully saturated rings. The molecule has 0 saturated carbocycles. The average Bonchev–Trinajstić information content (AvgIpc) is 2.91. The number of fused-ring (bicyclic) bond motifs is 1. The summed E-state index contributed by atoms with van der Waals surface area (Å²) in [5, 5.41) is 12.2. The zero-order chi connectivity index (χ0) is 14.7. The fourth-order valence-corrected chi connectivity index (χ4v) is 2.79. The van der Waals surface area contributed by atoms with Gasteiger partial charge in [-0.05, 0) is 44.2 Å². The minimum Gasteiger partial charge on any atom is -0.409 e. The highest BCUT2D eigenvalue weighted by Crippen LogP contribution is 2.28. The predicted molar refractivity (Wildman–Crippen MR) is 81.5 cm³/mol. The Morgan fingerprint density at radius 3 is 2.95 bits per heavy atom. The Morgan fingerprint density at radius 2 is 2.30 bits per heavy atom. The highest BCUT2D eigenvalue weighted by atomic mass is 16.4. The van der Waals surface area contributed by atoms with Crippen molar-refractivity contribution in [3.63, 3.8) is 0 Å². The number of rotatable bonds is 5. The molecule has 1 aromatic heterocycles. The molecule has 1 atom stereocenters. The molecule has 110 valence electrons. The molecular weight excluding hydrogens is 252 g/mol. The van der Waals surface area contributed by atoms with Crippen molar-refractivity contribution in [2.24, 2.45) is 10.9 Å². The van der Waals surface area contributed by atoms with Gasteiger partial charge in [0.15, 0.2) is 5.84 Å². The number of amidine groups is 1. The van der Waals surface area contributed by atoms with Crippen LogP contribution in [0.2, 0.25) is 0 Å². The Kier molecular flexibility index (Phi) is 4.47. The molecule has 0 aromatic carbocycles. The summed E-state index contributed by atoms with van der Waals surface area (Å²) in [7, 11) is 2.03. The summed E-state index contributed by atoms with van der Waals surface area (Å²) < 4.78 is 0. The molecular formula is C15H24N4O. The number of anilines is 1. The third kappa shape index (κ3) is 2.71. The van der Waals surface area contributed by atoms with Crippen LogP contribution in [0.25, 0.3) is 0 Å². The first kappa shape index (κ1) is 14.6. The summed E-state index contributed by atoms with van der Waals surface area (Å²) in [6, 6.07) is 2.41. The SMILES string of the molecule is CCCC(C)N(C)c1nc2c(cc1C(N)=NO)CCC2. The van der Waals surface area contributed by atoms with Gasteiger partial charge in [-0.15, -0.1) is 0 Å². The highest BCUT2D eigenvalue weighted by molar-refractivity contribution is 6.01. The second-order valence-corrected chi connectivity index (χ2v) is 5.55. The van der Waals surface area contributed by atoms with Crippen LogP contribution >= 0.6 is 0 Å². The second-order valence-electron chi connectivity index (χ2n) is 5.55. The van der Waals surface area contributed by atoms with Gasteiger partial charge in [0.2, 0.25) is 0 Å². The Bertz CT molecular complexity index is 513. The molecule has 0 amide bonds. The average molecular weight is 276 g/mol. The normalized spacial score (nSPS) is 16.1. The molecule has 1 aliphatic carbocycles. The minimum absolute atomic E-state index is 0.137. The monoisotopic (exact) mass is 276 g/mol. The molecule has 2 rings (SSSR count). The van der Waals surface area contributed by atoms with Crippen molar-refractivity contribution in [3.05, 3.63) is 22.9 Å². The second kappa shape index (κ2) is 6.11. The fraction of sp³-hybridized carbons (Fsp3) is 0.600. The Balaban J connectivity index is 2.44. The third-order valence-corrected chi connectivity index (χ3v) is 4.12. The summed E-state index contributed by atoms with van der Waals surface area (Å²) in [4.78, 5) is 6.91. The smallest absolute Gasteiger partial charge is 0.173 e. The van der Waals surface area contributed by atoms with E-state index in [2.05, 4.69) is 23.9 Å². The first-order chi connectivity index (χ1) is 9.58. The van der Waals surface area contributed by atoms with Gasteiger partial charge in [-0.2, -0.15) is 0 Å². The van der Waals surface area contributed by atoms with Crippen LogP contribution in [-0.4, -0.2) is 29.1 Å². The van der Waals surface area contributed by atoms with Gasteiger partial charge in [0.1, 0.15) is 5.82 Å². The van der Waals surface area contributed by atoms with E-state index in [0.29, 0.717) is 6.04 Å². The maximum Gasteiger partial charge on any atom is 0.173 e. The van der Waals surface area contributed by atoms with Crippen LogP contribution in [0.4, 0.5) is 5.82 Å². The van der Waals surface area contributed by atoms with Crippen molar-refractivity contribution in [1.82, 2.24) is 4.98 Å². The van der Waals surface area contributed by atoms with E-state index in [9.17, 15) is 0 Å². The minimum atomic E-state index is 0.137. The fourth-order valence-electron chi connectivity index (χ4n) is 2.79. The molecule has 1 heterocycles. The molecule has 1 aliphatic rings. The summed E-state index contributed by atoms with van der Waals surface area (Å²) in [6.07, 6.45) is 5.40. The lowest BCUT2D eigenvalue weighted by Crippen LogP contribution is -2.32. The first-order valence-corrected chi connectivity index (χ1v) is 7.32. The zero-order valence-corrected chi connectivity index (χ0v) is 12.6. The third-order valence-electron chi connectivity index (χ3n) is 4.12. The van der Waals surface area contributed by atoms with Gasteiger partial charge in [-0.3, -0.25) is 0 Å². The standard InChI is InChI=1S/C15H24N4O/c1-4-6-10(2)19(3)15-12(14(16)18-20)9-11-7-5-8-13(11)17-15/h9-10,20H,4-8H2,1-3H3,(H2,16,18). The molecule has 1 aromatic rings. The van der Waals surface area contributed by atoms with E-state index in [1.54, 1.807) is 0 Å². The van der Waals surface area contributed by atoms with Gasteiger partial charge < -0.3 is 15.8 Å². The molecule has 5 heteroatoms. The number of pyridine rings is 1. The molecule has 0 radical (unpaired) electrons. The Hall–Kier alpha value is -1.78. The topological polar surface area (TPSA) is 74.7 Å². The van der Waals surface area contributed by atoms with Crippen LogP contribution in [0, 0.1) is 0 Å². The van der Waals surface area contributed by atoms with E-state index in [0.717, 1.165) is 49.2 Å². The maximum atomic E-state index is 9.00. The number of nitrogens with two attached hydrogens (primary N) is 1. The molecule has 0 saturated heterocycles. The van der Waals surface area contributed by atoms with Crippen molar-refractivity contribution in [1.29, 1.82) is 0 Å². The molecule has 0 bridgehead atoms. The van der Waals surface area contributed by atoms with Crippen molar-refractivity contribution in [3.8, 4) is 0 Å². The van der Waals surface area contributed by atoms with Gasteiger partial charge in [0, 0.05) is 18.8 Å². The van der Waals surface area contributed by atoms with Crippen LogP contribution in [0.5, 0.6) is 0 Å². The van der Waals surface area contributed by atoms with Crippen LogP contribution in [0.3, 0.4) is 0 Å². The van der Waals surface area contributed by atoms with Crippen molar-refractivity contribution in [2.75, 3.05) is 11.9 Å². The Morgan fingerprint density at radius 1 is 1.55 bits per heavy atom. The van der Waals surface area contributed by atoms with Crippen molar-refractivity contribution >= 4 is 11.7 Å². The lowest BCUT2D eigenvalue weighted by atomic mass is 10.1. The van der Waals surface area contributed by atoms with Crippen LogP contribution < -0.4 is 10.6 Å². The summed E-state index contributed by atoms with van der Waals surface area (Å²) in [6.45, 7) is 4.35. The first-order valence-electron chi connectivity index (χ1n) is 7.32. The zero-order valence-electron chi connectivity index (χ0n) is 12.6. The predicted octanol–water partition coefficient (Wildman–Crippen LogP) is 2.29. The van der Waals surface area contributed by atoms with Gasteiger partial charge in [0.05, 0.1) is 5.56 Å². The number of aromatic nitrogens is 1. The van der Waals surface area contributed by atoms with E-state index in [4.69, 9.17) is 15.9 Å². The van der Waals surface area contributed by atoms with Crippen molar-refractivity contribution < 1.29 is 5.21 Å². The number of nitrogens with zero attached hydrogens (tertiary/aromatic N) is 3. The van der Waals surface area contributed by atoms with Crippen LogP contribution in [0.1, 0.15) is 49.9 Å². The summed E-state index contributed by atoms with van der Waals surface area (Å²) >= 11 is 0. The van der Waals surface area contributed by atoms with E-state index >= 15 is 0 Å². The van der Waals surface area contributed by atoms with Gasteiger partial charge >= 0.3 is 0 Å². The molecule has 0 spiro atoms. The molecule has 1 unspecified atom stereocenters. The van der Waals surface area contributed by atoms with Crippen LogP contribution in [0.15, 0.2) is 11.2 Å². The summed E-state index contributed by atoms with van der Waals surface area (Å²) in [5.41, 5.74) is 8.96. The highest BCUT2D eigenvalue weighted by Gasteiger charge is 2.22. The van der Waals surface area contributed by atoms with Gasteiger partial charge in [0.25, 0.3) is 0 Å². The number of hydrogen-bond donors (Lipinski definition) is 2. The number of aryl methyl sites for hydroxylation is 2. The largest absolute Gasteiger partial charge is 0.409 e. The Labute approximate surface area is 120 Å². The maximum absolute atomic E-state index is 9.00. The van der Waals surface area contributed by atoms with E-state index in [1.807, 2.05) is 13.1 Å². The van der Waals surface area contributed by atoms with E-state index in [1.165, 1.54) is 5.56 Å². The number of oxime groups is 1. The molecule has 20 heavy (non-hydrogen) atoms.